The molecule has 0 radical (unpaired) electrons. The van der Waals surface area contributed by atoms with Gasteiger partial charge in [0.05, 0.1) is 6.42 Å². The lowest BCUT2D eigenvalue weighted by atomic mass is 10.3. The highest BCUT2D eigenvalue weighted by molar-refractivity contribution is 9.10. The van der Waals surface area contributed by atoms with Gasteiger partial charge in [-0.05, 0) is 28.1 Å². The van der Waals surface area contributed by atoms with Gasteiger partial charge in [-0.3, -0.25) is 4.79 Å². The molecule has 2 aromatic heterocycles. The van der Waals surface area contributed by atoms with Gasteiger partial charge in [0.15, 0.2) is 0 Å². The number of halogens is 1. The highest BCUT2D eigenvalue weighted by Crippen LogP contribution is 2.17. The minimum atomic E-state index is -0.897. The lowest BCUT2D eigenvalue weighted by Gasteiger charge is -1.93. The summed E-state index contributed by atoms with van der Waals surface area (Å²) in [4.78, 5) is 14.5. The Kier molecular flexibility index (Phi) is 3.48. The molecule has 1 N–H and O–H groups in total. The van der Waals surface area contributed by atoms with Gasteiger partial charge in [0.25, 0.3) is 5.89 Å². The van der Waals surface area contributed by atoms with Gasteiger partial charge >= 0.3 is 5.97 Å². The maximum atomic E-state index is 10.4. The molecular formula is C10H8BrN3O3. The predicted molar refractivity (Wildman–Crippen MR) is 61.2 cm³/mol. The normalized spacial score (nSPS) is 10.4. The highest BCUT2D eigenvalue weighted by atomic mass is 79.9. The molecule has 0 fully saturated rings. The van der Waals surface area contributed by atoms with E-state index in [0.29, 0.717) is 11.6 Å². The second-order valence-electron chi connectivity index (χ2n) is 3.26. The van der Waals surface area contributed by atoms with Gasteiger partial charge in [-0.1, -0.05) is 0 Å². The average Bonchev–Trinajstić information content (AvgIpc) is 2.76. The molecule has 6 nitrogen and oxygen atoms in total. The van der Waals surface area contributed by atoms with Crippen LogP contribution >= 0.6 is 15.9 Å². The van der Waals surface area contributed by atoms with Gasteiger partial charge in [0.2, 0.25) is 5.89 Å². The van der Waals surface area contributed by atoms with Crippen LogP contribution in [0, 0.1) is 0 Å². The Labute approximate surface area is 105 Å². The number of aromatic nitrogens is 3. The van der Waals surface area contributed by atoms with Crippen LogP contribution in [0.3, 0.4) is 0 Å². The summed E-state index contributed by atoms with van der Waals surface area (Å²) in [6.07, 6.45) is 1.81. The molecule has 0 aliphatic carbocycles. The highest BCUT2D eigenvalue weighted by Gasteiger charge is 2.10. The molecule has 2 heterocycles. The molecule has 0 aliphatic heterocycles. The number of hydrogen-bond acceptors (Lipinski definition) is 5. The van der Waals surface area contributed by atoms with Crippen molar-refractivity contribution >= 4 is 21.9 Å². The van der Waals surface area contributed by atoms with Crippen molar-refractivity contribution < 1.29 is 14.3 Å². The third-order valence-electron chi connectivity index (χ3n) is 1.97. The fourth-order valence-corrected chi connectivity index (χ4v) is 1.41. The van der Waals surface area contributed by atoms with Gasteiger partial charge in [-0.15, -0.1) is 10.2 Å². The molecular weight excluding hydrogens is 290 g/mol. The summed E-state index contributed by atoms with van der Waals surface area (Å²) in [5.74, 6) is -0.309. The van der Waals surface area contributed by atoms with E-state index in [0.717, 1.165) is 4.47 Å². The van der Waals surface area contributed by atoms with Crippen LogP contribution in [0.15, 0.2) is 27.2 Å². The van der Waals surface area contributed by atoms with E-state index in [2.05, 4.69) is 31.1 Å². The summed E-state index contributed by atoms with van der Waals surface area (Å²) < 4.78 is 6.15. The van der Waals surface area contributed by atoms with Gasteiger partial charge in [-0.25, -0.2) is 4.98 Å². The van der Waals surface area contributed by atoms with Gasteiger partial charge in [0, 0.05) is 17.1 Å². The second kappa shape index (κ2) is 5.05. The molecule has 0 saturated carbocycles. The molecule has 0 unspecified atom stereocenters. The fourth-order valence-electron chi connectivity index (χ4n) is 1.17. The smallest absolute Gasteiger partial charge is 0.303 e. The Bertz CT molecular complexity index is 524. The number of rotatable bonds is 4. The zero-order chi connectivity index (χ0) is 12.3. The van der Waals surface area contributed by atoms with Crippen molar-refractivity contribution in [2.45, 2.75) is 12.8 Å². The van der Waals surface area contributed by atoms with Crippen LogP contribution in [0.25, 0.3) is 11.6 Å². The van der Waals surface area contributed by atoms with Crippen molar-refractivity contribution in [3.8, 4) is 11.6 Å². The SMILES string of the molecule is O=C(O)CCc1nnc(-c2ccc(Br)cn2)o1. The van der Waals surface area contributed by atoms with Crippen LogP contribution in [-0.2, 0) is 11.2 Å². The van der Waals surface area contributed by atoms with E-state index >= 15 is 0 Å². The van der Waals surface area contributed by atoms with Crippen LogP contribution in [0.5, 0.6) is 0 Å². The van der Waals surface area contributed by atoms with E-state index in [4.69, 9.17) is 9.52 Å². The summed E-state index contributed by atoms with van der Waals surface area (Å²) in [6.45, 7) is 0. The molecule has 0 bridgehead atoms. The maximum absolute atomic E-state index is 10.4. The number of aliphatic carboxylic acids is 1. The van der Waals surface area contributed by atoms with E-state index in [9.17, 15) is 4.79 Å². The molecule has 7 heteroatoms. The summed E-state index contributed by atoms with van der Waals surface area (Å²) >= 11 is 3.27. The number of carboxylic acids is 1. The topological polar surface area (TPSA) is 89.1 Å². The summed E-state index contributed by atoms with van der Waals surface area (Å²) in [5.41, 5.74) is 0.558. The first kappa shape index (κ1) is 11.7. The van der Waals surface area contributed by atoms with Crippen molar-refractivity contribution in [2.75, 3.05) is 0 Å². The van der Waals surface area contributed by atoms with Crippen LogP contribution in [0.4, 0.5) is 0 Å². The Morgan fingerprint density at radius 1 is 1.41 bits per heavy atom. The molecule has 0 atom stereocenters. The summed E-state index contributed by atoms with van der Waals surface area (Å²) in [7, 11) is 0. The zero-order valence-electron chi connectivity index (χ0n) is 8.63. The van der Waals surface area contributed by atoms with Crippen molar-refractivity contribution in [2.24, 2.45) is 0 Å². The Hall–Kier alpha value is -1.76. The molecule has 17 heavy (non-hydrogen) atoms. The number of carbonyl (C=O) groups is 1. The largest absolute Gasteiger partial charge is 0.481 e. The molecule has 88 valence electrons. The van der Waals surface area contributed by atoms with Crippen molar-refractivity contribution in [1.82, 2.24) is 15.2 Å². The van der Waals surface area contributed by atoms with Crippen LogP contribution in [-0.4, -0.2) is 26.3 Å². The Balaban J connectivity index is 2.12. The summed E-state index contributed by atoms with van der Waals surface area (Å²) in [6, 6.07) is 3.54. The second-order valence-corrected chi connectivity index (χ2v) is 4.17. The molecule has 2 rings (SSSR count). The lowest BCUT2D eigenvalue weighted by molar-refractivity contribution is -0.137. The minimum Gasteiger partial charge on any atom is -0.481 e. The first-order valence-electron chi connectivity index (χ1n) is 4.81. The lowest BCUT2D eigenvalue weighted by Crippen LogP contribution is -1.97. The van der Waals surface area contributed by atoms with E-state index in [1.165, 1.54) is 0 Å². The quantitative estimate of drug-likeness (QED) is 0.927. The van der Waals surface area contributed by atoms with Crippen LogP contribution < -0.4 is 0 Å². The third kappa shape index (κ3) is 3.10. The van der Waals surface area contributed by atoms with E-state index in [1.54, 1.807) is 12.3 Å². The van der Waals surface area contributed by atoms with Gasteiger partial charge in [0.1, 0.15) is 5.69 Å². The zero-order valence-corrected chi connectivity index (χ0v) is 10.2. The standard InChI is InChI=1S/C10H8BrN3O3/c11-6-1-2-7(12-5-6)10-14-13-8(17-10)3-4-9(15)16/h1-2,5H,3-4H2,(H,15,16). The average molecular weight is 298 g/mol. The molecule has 0 aromatic carbocycles. The maximum Gasteiger partial charge on any atom is 0.303 e. The Morgan fingerprint density at radius 2 is 2.24 bits per heavy atom. The molecule has 2 aromatic rings. The number of carboxylic acid groups (broad SMARTS) is 1. The van der Waals surface area contributed by atoms with Crippen molar-refractivity contribution in [1.29, 1.82) is 0 Å². The Morgan fingerprint density at radius 3 is 2.88 bits per heavy atom. The van der Waals surface area contributed by atoms with Crippen molar-refractivity contribution in [3.63, 3.8) is 0 Å². The molecule has 0 aliphatic rings. The number of nitrogens with zero attached hydrogens (tertiary/aromatic N) is 3. The molecule has 0 amide bonds. The number of aryl methyl sites for hydroxylation is 1. The minimum absolute atomic E-state index is 0.0323. The first-order chi connectivity index (χ1) is 8.15. The van der Waals surface area contributed by atoms with Crippen LogP contribution in [0.1, 0.15) is 12.3 Å². The monoisotopic (exact) mass is 297 g/mol. The number of hydrogen-bond donors (Lipinski definition) is 1. The van der Waals surface area contributed by atoms with E-state index < -0.39 is 5.97 Å². The predicted octanol–water partition coefficient (Wildman–Crippen LogP) is 1.91. The fraction of sp³-hybridized carbons (Fsp3) is 0.200. The summed E-state index contributed by atoms with van der Waals surface area (Å²) in [5, 5.41) is 16.1. The van der Waals surface area contributed by atoms with E-state index in [-0.39, 0.29) is 18.7 Å². The van der Waals surface area contributed by atoms with Crippen molar-refractivity contribution in [3.05, 3.63) is 28.7 Å². The van der Waals surface area contributed by atoms with Crippen LogP contribution in [0.2, 0.25) is 0 Å². The third-order valence-corrected chi connectivity index (χ3v) is 2.44. The molecule has 0 spiro atoms. The van der Waals surface area contributed by atoms with Gasteiger partial charge in [-0.2, -0.15) is 0 Å². The molecule has 0 saturated heterocycles. The number of pyridine rings is 1. The van der Waals surface area contributed by atoms with E-state index in [1.807, 2.05) is 6.07 Å². The van der Waals surface area contributed by atoms with Gasteiger partial charge < -0.3 is 9.52 Å². The first-order valence-corrected chi connectivity index (χ1v) is 5.60.